The fourth-order valence-corrected chi connectivity index (χ4v) is 7.91. The second-order valence-corrected chi connectivity index (χ2v) is 15.3. The predicted molar refractivity (Wildman–Crippen MR) is 210 cm³/mol. The Balaban J connectivity index is 1.54. The molecule has 0 N–H and O–H groups in total. The Morgan fingerprint density at radius 3 is 1.48 bits per heavy atom. The maximum Gasteiger partial charge on any atom is 0.244 e. The van der Waals surface area contributed by atoms with Crippen molar-refractivity contribution in [2.24, 2.45) is 0 Å². The second-order valence-electron chi connectivity index (χ2n) is 15.3. The summed E-state index contributed by atoms with van der Waals surface area (Å²) in [5.74, 6) is 0. The number of unbranched alkanes of at least 4 members (excludes halogenated alkanes) is 21. The van der Waals surface area contributed by atoms with E-state index in [0.29, 0.717) is 6.04 Å². The third-order valence-corrected chi connectivity index (χ3v) is 11.0. The van der Waals surface area contributed by atoms with Gasteiger partial charge in [-0.25, -0.2) is 9.13 Å². The van der Waals surface area contributed by atoms with Crippen molar-refractivity contribution < 1.29 is 4.57 Å². The number of rotatable bonds is 30. The van der Waals surface area contributed by atoms with E-state index in [9.17, 15) is 0 Å². The first kappa shape index (κ1) is 40.1. The van der Waals surface area contributed by atoms with Crippen LogP contribution in [0.5, 0.6) is 0 Å². The molecule has 2 unspecified atom stereocenters. The lowest BCUT2D eigenvalue weighted by Gasteiger charge is -2.37. The topological polar surface area (TPSA) is 8.81 Å². The van der Waals surface area contributed by atoms with Crippen LogP contribution in [0.4, 0.5) is 0 Å². The van der Waals surface area contributed by atoms with Crippen molar-refractivity contribution >= 4 is 0 Å². The molecule has 0 saturated carbocycles. The van der Waals surface area contributed by atoms with E-state index in [0.717, 1.165) is 13.0 Å². The van der Waals surface area contributed by atoms with Crippen molar-refractivity contribution in [3.8, 4) is 0 Å². The fraction of sp³-hybridized carbons (Fsp3) is 0.674. The van der Waals surface area contributed by atoms with E-state index in [1.807, 2.05) is 0 Å². The number of aromatic nitrogens is 2. The number of hydrogen-bond donors (Lipinski definition) is 0. The summed E-state index contributed by atoms with van der Waals surface area (Å²) in [6.07, 6.45) is 41.7. The quantitative estimate of drug-likeness (QED) is 0.0499. The van der Waals surface area contributed by atoms with Gasteiger partial charge in [-0.2, -0.15) is 0 Å². The summed E-state index contributed by atoms with van der Waals surface area (Å²) in [4.78, 5) is 0. The van der Waals surface area contributed by atoms with Gasteiger partial charge in [0.15, 0.2) is 0 Å². The molecule has 0 bridgehead atoms. The number of benzene rings is 2. The Hall–Kier alpha value is -2.35. The molecule has 268 valence electrons. The van der Waals surface area contributed by atoms with Gasteiger partial charge >= 0.3 is 0 Å². The van der Waals surface area contributed by atoms with Crippen LogP contribution in [0.1, 0.15) is 192 Å². The molecule has 1 aromatic heterocycles. The minimum atomic E-state index is 0.00818. The highest BCUT2D eigenvalue weighted by atomic mass is 15.1. The molecule has 0 amide bonds. The predicted octanol–water partition coefficient (Wildman–Crippen LogP) is 13.9. The van der Waals surface area contributed by atoms with Gasteiger partial charge in [-0.15, -0.1) is 0 Å². The van der Waals surface area contributed by atoms with E-state index < -0.39 is 0 Å². The molecule has 48 heavy (non-hydrogen) atoms. The standard InChI is InChI=1S/C46H75N2/c1-4-6-8-10-12-14-16-17-18-20-22-24-32-38-47-39-40-48(42-47)45(37-31-23-21-19-15-13-11-9-7-5-2)46(3,44-35-29-26-30-36-44)41-43-33-27-25-28-34-43/h25-30,33-36,39-40,42,45H,4-24,31-32,37-38,41H2,1-3H3/q+1. The van der Waals surface area contributed by atoms with Crippen molar-refractivity contribution in [1.29, 1.82) is 0 Å². The van der Waals surface area contributed by atoms with Crippen molar-refractivity contribution in [1.82, 2.24) is 4.57 Å². The van der Waals surface area contributed by atoms with E-state index in [4.69, 9.17) is 0 Å². The number of aryl methyl sites for hydroxylation is 1. The van der Waals surface area contributed by atoms with Crippen LogP contribution in [-0.4, -0.2) is 4.57 Å². The summed E-state index contributed by atoms with van der Waals surface area (Å²) in [6.45, 7) is 8.29. The van der Waals surface area contributed by atoms with Crippen molar-refractivity contribution in [2.75, 3.05) is 0 Å². The largest absolute Gasteiger partial charge is 0.244 e. The van der Waals surface area contributed by atoms with Gasteiger partial charge in [0.1, 0.15) is 18.4 Å². The molecule has 2 aromatic carbocycles. The van der Waals surface area contributed by atoms with Gasteiger partial charge < -0.3 is 0 Å². The lowest BCUT2D eigenvalue weighted by atomic mass is 9.70. The molecule has 0 saturated heterocycles. The van der Waals surface area contributed by atoms with Crippen LogP contribution in [0, 0.1) is 0 Å². The van der Waals surface area contributed by atoms with Gasteiger partial charge in [0.25, 0.3) is 0 Å². The zero-order valence-corrected chi connectivity index (χ0v) is 31.9. The van der Waals surface area contributed by atoms with Crippen molar-refractivity contribution in [2.45, 2.75) is 199 Å². The fourth-order valence-electron chi connectivity index (χ4n) is 7.91. The summed E-state index contributed by atoms with van der Waals surface area (Å²) < 4.78 is 5.06. The van der Waals surface area contributed by atoms with Crippen LogP contribution in [-0.2, 0) is 18.4 Å². The molecule has 2 atom stereocenters. The van der Waals surface area contributed by atoms with Gasteiger partial charge in [-0.3, -0.25) is 0 Å². The average Bonchev–Trinajstić information content (AvgIpc) is 3.58. The molecular weight excluding hydrogens is 581 g/mol. The highest BCUT2D eigenvalue weighted by Gasteiger charge is 2.40. The molecule has 0 aliphatic rings. The molecule has 1 heterocycles. The number of hydrogen-bond acceptors (Lipinski definition) is 0. The van der Waals surface area contributed by atoms with Gasteiger partial charge in [-0.1, -0.05) is 210 Å². The maximum absolute atomic E-state index is 2.59. The second kappa shape index (κ2) is 25.6. The molecule has 0 aliphatic carbocycles. The Labute approximate surface area is 298 Å². The Morgan fingerprint density at radius 2 is 0.979 bits per heavy atom. The van der Waals surface area contributed by atoms with E-state index >= 15 is 0 Å². The molecule has 0 spiro atoms. The monoisotopic (exact) mass is 656 g/mol. The maximum atomic E-state index is 2.59. The zero-order chi connectivity index (χ0) is 34.0. The van der Waals surface area contributed by atoms with E-state index in [-0.39, 0.29) is 5.41 Å². The van der Waals surface area contributed by atoms with Gasteiger partial charge in [0.2, 0.25) is 6.33 Å². The van der Waals surface area contributed by atoms with Gasteiger partial charge in [0.05, 0.1) is 6.54 Å². The summed E-state index contributed by atoms with van der Waals surface area (Å²) in [5, 5.41) is 0. The van der Waals surface area contributed by atoms with Crippen LogP contribution in [0.25, 0.3) is 0 Å². The Morgan fingerprint density at radius 1 is 0.542 bits per heavy atom. The molecule has 0 fully saturated rings. The molecule has 3 aromatic rings. The number of imidazole rings is 1. The lowest BCUT2D eigenvalue weighted by molar-refractivity contribution is -0.697. The van der Waals surface area contributed by atoms with Crippen LogP contribution in [0.15, 0.2) is 79.4 Å². The number of nitrogens with zero attached hydrogens (tertiary/aromatic N) is 2. The Kier molecular flexibility index (Phi) is 21.4. The molecule has 0 radical (unpaired) electrons. The van der Waals surface area contributed by atoms with Crippen molar-refractivity contribution in [3.63, 3.8) is 0 Å². The first-order valence-corrected chi connectivity index (χ1v) is 20.8. The molecule has 2 heteroatoms. The average molecular weight is 656 g/mol. The van der Waals surface area contributed by atoms with Crippen LogP contribution < -0.4 is 4.57 Å². The third kappa shape index (κ3) is 15.9. The minimum absolute atomic E-state index is 0.00818. The lowest BCUT2D eigenvalue weighted by Crippen LogP contribution is -2.38. The van der Waals surface area contributed by atoms with Gasteiger partial charge in [0, 0.05) is 5.41 Å². The zero-order valence-electron chi connectivity index (χ0n) is 31.9. The summed E-state index contributed by atoms with van der Waals surface area (Å²) in [7, 11) is 0. The van der Waals surface area contributed by atoms with E-state index in [1.54, 1.807) is 0 Å². The van der Waals surface area contributed by atoms with Crippen LogP contribution >= 0.6 is 0 Å². The van der Waals surface area contributed by atoms with E-state index in [2.05, 4.69) is 109 Å². The van der Waals surface area contributed by atoms with Crippen LogP contribution in [0.3, 0.4) is 0 Å². The summed E-state index contributed by atoms with van der Waals surface area (Å²) in [5.41, 5.74) is 2.90. The highest BCUT2D eigenvalue weighted by Crippen LogP contribution is 2.41. The molecule has 0 aliphatic heterocycles. The Bertz CT molecular complexity index is 1140. The van der Waals surface area contributed by atoms with E-state index in [1.165, 1.54) is 165 Å². The first-order valence-electron chi connectivity index (χ1n) is 20.8. The normalized spacial score (nSPS) is 13.5. The molecular formula is C46H75N2+. The van der Waals surface area contributed by atoms with Crippen LogP contribution in [0.2, 0.25) is 0 Å². The smallest absolute Gasteiger partial charge is 0.237 e. The molecule has 2 nitrogen and oxygen atoms in total. The summed E-state index contributed by atoms with van der Waals surface area (Å²) in [6, 6.07) is 23.0. The SMILES string of the molecule is CCCCCCCCCCCCCCC[n+]1ccn(C(CCCCCCCCCCCC)C(C)(Cc2ccccc2)c2ccccc2)c1. The third-order valence-electron chi connectivity index (χ3n) is 11.0. The van der Waals surface area contributed by atoms with Crippen molar-refractivity contribution in [3.05, 3.63) is 90.5 Å². The molecule has 3 rings (SSSR count). The highest BCUT2D eigenvalue weighted by molar-refractivity contribution is 5.30. The van der Waals surface area contributed by atoms with Gasteiger partial charge in [-0.05, 0) is 43.2 Å². The summed E-state index contributed by atoms with van der Waals surface area (Å²) >= 11 is 0. The first-order chi connectivity index (χ1) is 23.7. The minimum Gasteiger partial charge on any atom is -0.237 e.